The highest BCUT2D eigenvalue weighted by atomic mass is 16.5. The predicted molar refractivity (Wildman–Crippen MR) is 77.6 cm³/mol. The fourth-order valence-corrected chi connectivity index (χ4v) is 3.18. The molecule has 2 heterocycles. The molecule has 0 saturated carbocycles. The fourth-order valence-electron chi connectivity index (χ4n) is 3.18. The smallest absolute Gasteiger partial charge is 0.123 e. The van der Waals surface area contributed by atoms with Crippen molar-refractivity contribution >= 4 is 0 Å². The Bertz CT molecular complexity index is 470. The van der Waals surface area contributed by atoms with Gasteiger partial charge in [0, 0.05) is 38.6 Å². The molecule has 104 valence electrons. The van der Waals surface area contributed by atoms with Crippen LogP contribution in [0.1, 0.15) is 31.9 Å². The first kappa shape index (κ1) is 12.9. The van der Waals surface area contributed by atoms with Gasteiger partial charge in [-0.2, -0.15) is 0 Å². The van der Waals surface area contributed by atoms with Crippen molar-refractivity contribution in [1.82, 2.24) is 10.2 Å². The molecule has 3 heteroatoms. The Labute approximate surface area is 115 Å². The van der Waals surface area contributed by atoms with Crippen LogP contribution in [0.4, 0.5) is 0 Å². The Morgan fingerprint density at radius 2 is 2.26 bits per heavy atom. The summed E-state index contributed by atoms with van der Waals surface area (Å²) in [7, 11) is 0. The fraction of sp³-hybridized carbons (Fsp3) is 0.625. The van der Waals surface area contributed by atoms with Crippen molar-refractivity contribution in [3.8, 4) is 5.75 Å². The summed E-state index contributed by atoms with van der Waals surface area (Å²) in [5, 5.41) is 3.49. The van der Waals surface area contributed by atoms with Crippen molar-refractivity contribution in [1.29, 1.82) is 0 Å². The number of nitrogens with zero attached hydrogens (tertiary/aromatic N) is 1. The second-order valence-electron chi connectivity index (χ2n) is 6.57. The summed E-state index contributed by atoms with van der Waals surface area (Å²) in [6.45, 7) is 11.0. The van der Waals surface area contributed by atoms with Gasteiger partial charge in [-0.3, -0.25) is 4.90 Å². The number of fused-ring (bicyclic) bond motifs is 1. The zero-order chi connectivity index (χ0) is 13.5. The minimum absolute atomic E-state index is 0.0372. The van der Waals surface area contributed by atoms with Gasteiger partial charge in [0.15, 0.2) is 0 Å². The Balaban J connectivity index is 1.70. The average Bonchev–Trinajstić information content (AvgIpc) is 2.62. The van der Waals surface area contributed by atoms with Gasteiger partial charge >= 0.3 is 0 Å². The van der Waals surface area contributed by atoms with Gasteiger partial charge in [0.05, 0.1) is 0 Å². The third-order valence-electron chi connectivity index (χ3n) is 3.99. The lowest BCUT2D eigenvalue weighted by Gasteiger charge is -2.31. The maximum Gasteiger partial charge on any atom is 0.123 e. The number of nitrogens with one attached hydrogen (secondary N) is 1. The standard InChI is InChI=1S/C16H24N2O/c1-12-10-18(7-6-17-12)11-13-4-5-15-14(8-13)9-16(2,3)19-15/h4-5,8,12,17H,6-7,9-11H2,1-3H3/t12-/m1/s1. The quantitative estimate of drug-likeness (QED) is 0.882. The van der Waals surface area contributed by atoms with Crippen LogP contribution in [0.5, 0.6) is 5.75 Å². The second kappa shape index (κ2) is 4.80. The summed E-state index contributed by atoms with van der Waals surface area (Å²) < 4.78 is 5.93. The minimum atomic E-state index is -0.0372. The molecule has 0 aliphatic carbocycles. The number of hydrogen-bond acceptors (Lipinski definition) is 3. The first-order valence-electron chi connectivity index (χ1n) is 7.28. The van der Waals surface area contributed by atoms with Gasteiger partial charge < -0.3 is 10.1 Å². The van der Waals surface area contributed by atoms with Crippen LogP contribution in [0.25, 0.3) is 0 Å². The van der Waals surface area contributed by atoms with Crippen LogP contribution in [0.2, 0.25) is 0 Å². The van der Waals surface area contributed by atoms with Crippen LogP contribution in [0, 0.1) is 0 Å². The molecule has 1 aromatic carbocycles. The van der Waals surface area contributed by atoms with Crippen LogP contribution >= 0.6 is 0 Å². The summed E-state index contributed by atoms with van der Waals surface area (Å²) in [6, 6.07) is 7.29. The Hall–Kier alpha value is -1.06. The summed E-state index contributed by atoms with van der Waals surface area (Å²) in [4.78, 5) is 2.53. The lowest BCUT2D eigenvalue weighted by atomic mass is 10.00. The first-order chi connectivity index (χ1) is 9.02. The summed E-state index contributed by atoms with van der Waals surface area (Å²) in [6.07, 6.45) is 1.02. The van der Waals surface area contributed by atoms with Crippen molar-refractivity contribution in [3.05, 3.63) is 29.3 Å². The lowest BCUT2D eigenvalue weighted by Crippen LogP contribution is -2.48. The Morgan fingerprint density at radius 3 is 3.05 bits per heavy atom. The van der Waals surface area contributed by atoms with Gasteiger partial charge in [0.25, 0.3) is 0 Å². The number of rotatable bonds is 2. The van der Waals surface area contributed by atoms with E-state index < -0.39 is 0 Å². The molecule has 1 saturated heterocycles. The largest absolute Gasteiger partial charge is 0.487 e. The molecule has 0 amide bonds. The molecule has 0 bridgehead atoms. The van der Waals surface area contributed by atoms with E-state index in [1.807, 2.05) is 0 Å². The van der Waals surface area contributed by atoms with E-state index in [0.717, 1.165) is 38.3 Å². The van der Waals surface area contributed by atoms with E-state index >= 15 is 0 Å². The van der Waals surface area contributed by atoms with Gasteiger partial charge in [0.2, 0.25) is 0 Å². The van der Waals surface area contributed by atoms with Crippen molar-refractivity contribution in [2.45, 2.75) is 45.4 Å². The predicted octanol–water partition coefficient (Wildman–Crippen LogP) is 2.19. The zero-order valence-electron chi connectivity index (χ0n) is 12.2. The molecule has 0 aromatic heterocycles. The maximum absolute atomic E-state index is 5.93. The van der Waals surface area contributed by atoms with E-state index in [2.05, 4.69) is 49.2 Å². The first-order valence-corrected chi connectivity index (χ1v) is 7.28. The molecule has 19 heavy (non-hydrogen) atoms. The van der Waals surface area contributed by atoms with Gasteiger partial charge in [-0.1, -0.05) is 12.1 Å². The SMILES string of the molecule is C[C@@H]1CN(Cc2ccc3c(c2)CC(C)(C)O3)CCN1. The molecule has 3 rings (SSSR count). The molecule has 0 spiro atoms. The highest BCUT2D eigenvalue weighted by Crippen LogP contribution is 2.35. The molecule has 0 unspecified atom stereocenters. The third kappa shape index (κ3) is 2.93. The second-order valence-corrected chi connectivity index (χ2v) is 6.57. The van der Waals surface area contributed by atoms with Gasteiger partial charge in [-0.15, -0.1) is 0 Å². The molecule has 1 aromatic rings. The summed E-state index contributed by atoms with van der Waals surface area (Å²) >= 11 is 0. The van der Waals surface area contributed by atoms with Crippen LogP contribution < -0.4 is 10.1 Å². The van der Waals surface area contributed by atoms with E-state index in [4.69, 9.17) is 4.74 Å². The van der Waals surface area contributed by atoms with Gasteiger partial charge in [-0.05, 0) is 38.0 Å². The molecule has 2 aliphatic heterocycles. The summed E-state index contributed by atoms with van der Waals surface area (Å²) in [5.74, 6) is 1.07. The maximum atomic E-state index is 5.93. The molecular weight excluding hydrogens is 236 g/mol. The number of benzene rings is 1. The number of ether oxygens (including phenoxy) is 1. The highest BCUT2D eigenvalue weighted by molar-refractivity contribution is 5.41. The van der Waals surface area contributed by atoms with Crippen LogP contribution in [0.3, 0.4) is 0 Å². The van der Waals surface area contributed by atoms with Crippen molar-refractivity contribution in [2.75, 3.05) is 19.6 Å². The van der Waals surface area contributed by atoms with Gasteiger partial charge in [-0.25, -0.2) is 0 Å². The van der Waals surface area contributed by atoms with Crippen molar-refractivity contribution < 1.29 is 4.74 Å². The van der Waals surface area contributed by atoms with E-state index in [1.165, 1.54) is 11.1 Å². The summed E-state index contributed by atoms with van der Waals surface area (Å²) in [5.41, 5.74) is 2.74. The number of hydrogen-bond donors (Lipinski definition) is 1. The van der Waals surface area contributed by atoms with Crippen LogP contribution in [-0.2, 0) is 13.0 Å². The molecule has 1 fully saturated rings. The molecular formula is C16H24N2O. The lowest BCUT2D eigenvalue weighted by molar-refractivity contribution is 0.138. The van der Waals surface area contributed by atoms with E-state index in [9.17, 15) is 0 Å². The van der Waals surface area contributed by atoms with Crippen molar-refractivity contribution in [3.63, 3.8) is 0 Å². The topological polar surface area (TPSA) is 24.5 Å². The molecule has 2 aliphatic rings. The normalized spacial score (nSPS) is 25.9. The van der Waals surface area contributed by atoms with Crippen LogP contribution in [0.15, 0.2) is 18.2 Å². The molecule has 1 N–H and O–H groups in total. The third-order valence-corrected chi connectivity index (χ3v) is 3.99. The van der Waals surface area contributed by atoms with Crippen molar-refractivity contribution in [2.24, 2.45) is 0 Å². The highest BCUT2D eigenvalue weighted by Gasteiger charge is 2.30. The zero-order valence-corrected chi connectivity index (χ0v) is 12.2. The van der Waals surface area contributed by atoms with E-state index in [0.29, 0.717) is 6.04 Å². The minimum Gasteiger partial charge on any atom is -0.487 e. The van der Waals surface area contributed by atoms with E-state index in [-0.39, 0.29) is 5.60 Å². The van der Waals surface area contributed by atoms with E-state index in [1.54, 1.807) is 0 Å². The molecule has 1 atom stereocenters. The average molecular weight is 260 g/mol. The van der Waals surface area contributed by atoms with Gasteiger partial charge in [0.1, 0.15) is 11.4 Å². The number of piperazine rings is 1. The monoisotopic (exact) mass is 260 g/mol. The molecule has 3 nitrogen and oxygen atoms in total. The Kier molecular flexibility index (Phi) is 3.27. The molecule has 0 radical (unpaired) electrons. The van der Waals surface area contributed by atoms with Crippen LogP contribution in [-0.4, -0.2) is 36.2 Å². The Morgan fingerprint density at radius 1 is 1.42 bits per heavy atom.